The number of carbonyl (C=O) groups excluding carboxylic acids is 2. The third kappa shape index (κ3) is 10.7. The predicted molar refractivity (Wildman–Crippen MR) is 189 cm³/mol. The summed E-state index contributed by atoms with van der Waals surface area (Å²) in [5.41, 5.74) is 11.1. The lowest BCUT2D eigenvalue weighted by Crippen LogP contribution is -2.51. The van der Waals surface area contributed by atoms with E-state index in [-0.39, 0.29) is 29.4 Å². The highest BCUT2D eigenvalue weighted by atomic mass is 16.2. The Kier molecular flexibility index (Phi) is 15.3. The van der Waals surface area contributed by atoms with Crippen LogP contribution in [0.4, 0.5) is 0 Å². The van der Waals surface area contributed by atoms with Crippen LogP contribution in [-0.4, -0.2) is 67.4 Å². The highest BCUT2D eigenvalue weighted by Gasteiger charge is 2.46. The summed E-state index contributed by atoms with van der Waals surface area (Å²) in [6.07, 6.45) is 15.7. The molecule has 0 radical (unpaired) electrons. The number of likely N-dealkylation sites (tertiary alicyclic amines) is 1. The third-order valence-electron chi connectivity index (χ3n) is 8.90. The number of allylic oxidation sites excluding steroid dienone is 4. The molecule has 1 aromatic rings. The zero-order chi connectivity index (χ0) is 33.6. The fraction of sp³-hybridized carbons (Fsp3) is 0.541. The van der Waals surface area contributed by atoms with Gasteiger partial charge in [-0.1, -0.05) is 57.7 Å². The summed E-state index contributed by atoms with van der Waals surface area (Å²) in [5.74, 6) is 1.07. The zero-order valence-corrected chi connectivity index (χ0v) is 29.0. The summed E-state index contributed by atoms with van der Waals surface area (Å²) in [6, 6.07) is 6.20. The highest BCUT2D eigenvalue weighted by Crippen LogP contribution is 2.33. The van der Waals surface area contributed by atoms with Crippen molar-refractivity contribution < 1.29 is 9.59 Å². The van der Waals surface area contributed by atoms with Crippen molar-refractivity contribution in [2.75, 3.05) is 27.2 Å². The van der Waals surface area contributed by atoms with Gasteiger partial charge >= 0.3 is 0 Å². The average Bonchev–Trinajstić information content (AvgIpc) is 3.30. The number of rotatable bonds is 12. The molecule has 0 aromatic heterocycles. The van der Waals surface area contributed by atoms with Crippen LogP contribution >= 0.6 is 0 Å². The molecule has 0 saturated carbocycles. The Morgan fingerprint density at radius 3 is 2.53 bits per heavy atom. The molecule has 1 fully saturated rings. The topological polar surface area (TPSA) is 112 Å². The second kappa shape index (κ2) is 18.4. The quantitative estimate of drug-likeness (QED) is 0.108. The van der Waals surface area contributed by atoms with Crippen molar-refractivity contribution in [2.45, 2.75) is 97.7 Å². The maximum absolute atomic E-state index is 13.1. The average molecular weight is 619 g/mol. The van der Waals surface area contributed by atoms with E-state index in [1.807, 2.05) is 51.1 Å². The van der Waals surface area contributed by atoms with Crippen LogP contribution in [0.2, 0.25) is 0 Å². The molecule has 8 nitrogen and oxygen atoms in total. The fourth-order valence-corrected chi connectivity index (χ4v) is 6.26. The van der Waals surface area contributed by atoms with Gasteiger partial charge in [0.25, 0.3) is 11.8 Å². The van der Waals surface area contributed by atoms with Crippen molar-refractivity contribution in [1.29, 1.82) is 0 Å². The molecule has 45 heavy (non-hydrogen) atoms. The van der Waals surface area contributed by atoms with Crippen LogP contribution in [0, 0.1) is 5.92 Å². The number of aryl methyl sites for hydroxylation is 1. The van der Waals surface area contributed by atoms with Crippen molar-refractivity contribution in [3.63, 3.8) is 0 Å². The van der Waals surface area contributed by atoms with Crippen LogP contribution in [0.5, 0.6) is 0 Å². The van der Waals surface area contributed by atoms with Crippen LogP contribution in [-0.2, 0) is 17.6 Å². The Hall–Kier alpha value is -3.65. The minimum Gasteiger partial charge on any atom is -0.389 e. The van der Waals surface area contributed by atoms with Crippen LogP contribution in [0.1, 0.15) is 88.7 Å². The Labute approximate surface area is 272 Å². The summed E-state index contributed by atoms with van der Waals surface area (Å²) in [4.78, 5) is 31.6. The minimum atomic E-state index is -0.204. The molecule has 8 heteroatoms. The van der Waals surface area contributed by atoms with Gasteiger partial charge in [0.15, 0.2) is 0 Å². The number of benzene rings is 1. The lowest BCUT2D eigenvalue weighted by Gasteiger charge is -2.37. The maximum atomic E-state index is 13.1. The van der Waals surface area contributed by atoms with Crippen LogP contribution in [0.3, 0.4) is 0 Å². The van der Waals surface area contributed by atoms with Crippen molar-refractivity contribution in [3.8, 4) is 0 Å². The zero-order valence-electron chi connectivity index (χ0n) is 29.0. The van der Waals surface area contributed by atoms with Gasteiger partial charge < -0.3 is 21.7 Å². The van der Waals surface area contributed by atoms with Gasteiger partial charge in [-0.25, -0.2) is 0 Å². The molecule has 1 heterocycles. The number of amides is 2. The summed E-state index contributed by atoms with van der Waals surface area (Å²) >= 11 is 0. The van der Waals surface area contributed by atoms with Crippen molar-refractivity contribution in [2.24, 2.45) is 16.6 Å². The second-order valence-electron chi connectivity index (χ2n) is 12.6. The van der Waals surface area contributed by atoms with E-state index >= 15 is 0 Å². The smallest absolute Gasteiger partial charge is 0.251 e. The van der Waals surface area contributed by atoms with E-state index < -0.39 is 0 Å². The first-order valence-corrected chi connectivity index (χ1v) is 16.4. The molecule has 3 rings (SSSR count). The summed E-state index contributed by atoms with van der Waals surface area (Å²) in [5, 5.41) is 9.12. The summed E-state index contributed by atoms with van der Waals surface area (Å²) in [6.45, 7) is 17.5. The van der Waals surface area contributed by atoms with Crippen molar-refractivity contribution in [3.05, 3.63) is 83.1 Å². The molecule has 2 amide bonds. The van der Waals surface area contributed by atoms with Crippen LogP contribution < -0.4 is 21.7 Å². The number of fused-ring (bicyclic) bond motifs is 1. The number of nitrogens with two attached hydrogens (primary N) is 1. The molecule has 1 saturated heterocycles. The molecule has 3 atom stereocenters. The Morgan fingerprint density at radius 1 is 1.22 bits per heavy atom. The molecule has 5 N–H and O–H groups in total. The fourth-order valence-electron chi connectivity index (χ4n) is 6.26. The molecule has 3 unspecified atom stereocenters. The first-order valence-electron chi connectivity index (χ1n) is 16.4. The maximum Gasteiger partial charge on any atom is 0.251 e. The molecule has 248 valence electrons. The van der Waals surface area contributed by atoms with Crippen molar-refractivity contribution in [1.82, 2.24) is 20.9 Å². The van der Waals surface area contributed by atoms with E-state index in [9.17, 15) is 9.59 Å². The normalized spacial score (nSPS) is 21.5. The lowest BCUT2D eigenvalue weighted by molar-refractivity contribution is -0.116. The van der Waals surface area contributed by atoms with E-state index in [2.05, 4.69) is 72.4 Å². The monoisotopic (exact) mass is 618 g/mol. The molecular formula is C37H58N6O2. The number of hydrogen-bond donors (Lipinski definition) is 4. The first kappa shape index (κ1) is 37.5. The molecular weight excluding hydrogens is 560 g/mol. The first-order chi connectivity index (χ1) is 21.4. The number of amidine groups is 1. The number of likely N-dealkylation sites (N-methyl/N-ethyl adjacent to an activating group) is 2. The number of nitrogens with one attached hydrogen (secondary N) is 3. The summed E-state index contributed by atoms with van der Waals surface area (Å²) in [7, 11) is 3.75. The van der Waals surface area contributed by atoms with Gasteiger partial charge in [0.05, 0.1) is 11.9 Å². The van der Waals surface area contributed by atoms with Gasteiger partial charge in [0.2, 0.25) is 0 Å². The standard InChI is InChI=1S/C23H35N5O.C14H23NO/c1-5-25-14-21(26-16(2)24)23(3)13-18(15-28(23)4)27-22(29)20-12-8-10-17-9-6-7-11-19(17)20;1-6-8-13(14(16)15-5)10-9-12(7-2)11(3)4/h5,8,10,12,18,21,25H,1,6-7,9,11,13-15H2,2-4H3,(H2,24,26)(H,27,29);7-11H,6H2,1-5H3,(H,15,16)/b;10-9-,12-7+,13-8-. The predicted octanol–water partition coefficient (Wildman–Crippen LogP) is 5.46. The van der Waals surface area contributed by atoms with Gasteiger partial charge in [-0.15, -0.1) is 0 Å². The molecule has 1 aromatic carbocycles. The molecule has 0 spiro atoms. The Bertz CT molecular complexity index is 1270. The van der Waals surface area contributed by atoms with Gasteiger partial charge in [-0.05, 0) is 107 Å². The van der Waals surface area contributed by atoms with E-state index in [1.165, 1.54) is 23.1 Å². The van der Waals surface area contributed by atoms with Crippen LogP contribution in [0.25, 0.3) is 0 Å². The molecule has 1 aliphatic heterocycles. The lowest BCUT2D eigenvalue weighted by atomic mass is 9.87. The minimum absolute atomic E-state index is 0.0260. The van der Waals surface area contributed by atoms with Gasteiger partial charge in [0, 0.05) is 42.9 Å². The molecule has 2 aliphatic rings. The number of hydrogen-bond acceptors (Lipinski definition) is 5. The third-order valence-corrected chi connectivity index (χ3v) is 8.90. The van der Waals surface area contributed by atoms with E-state index in [1.54, 1.807) is 13.2 Å². The van der Waals surface area contributed by atoms with Gasteiger partial charge in [0.1, 0.15) is 0 Å². The van der Waals surface area contributed by atoms with Crippen molar-refractivity contribution >= 4 is 17.6 Å². The number of nitrogens with zero attached hydrogens (tertiary/aromatic N) is 2. The Balaban J connectivity index is 0.000000376. The summed E-state index contributed by atoms with van der Waals surface area (Å²) < 4.78 is 0. The Morgan fingerprint density at radius 2 is 1.93 bits per heavy atom. The number of carbonyl (C=O) groups is 2. The SMILES string of the molecule is C=CNCC(N=C(C)N)C1(C)CC(NC(=O)c2cccc3c2CCCC3)CN1C.C\C=C(/C=C\C(=C\CC)C(=O)NC)C(C)C. The van der Waals surface area contributed by atoms with E-state index in [0.29, 0.717) is 18.3 Å². The molecule has 0 bridgehead atoms. The number of aliphatic imine (C=N–C) groups is 1. The largest absolute Gasteiger partial charge is 0.389 e. The van der Waals surface area contributed by atoms with Crippen LogP contribution in [0.15, 0.2) is 71.4 Å². The second-order valence-corrected chi connectivity index (χ2v) is 12.6. The molecule has 1 aliphatic carbocycles. The van der Waals surface area contributed by atoms with Gasteiger partial charge in [-0.3, -0.25) is 19.5 Å². The van der Waals surface area contributed by atoms with Gasteiger partial charge in [-0.2, -0.15) is 0 Å². The van der Waals surface area contributed by atoms with E-state index in [4.69, 9.17) is 5.73 Å². The highest BCUT2D eigenvalue weighted by molar-refractivity contribution is 5.96. The van der Waals surface area contributed by atoms with E-state index in [0.717, 1.165) is 49.8 Å².